The molecule has 0 saturated carbocycles. The Hall–Kier alpha value is -4.66. The van der Waals surface area contributed by atoms with Crippen molar-refractivity contribution in [1.29, 1.82) is 0 Å². The van der Waals surface area contributed by atoms with Gasteiger partial charge in [-0.3, -0.25) is 19.7 Å². The van der Waals surface area contributed by atoms with Crippen LogP contribution in [0.5, 0.6) is 23.0 Å². The fourth-order valence-corrected chi connectivity index (χ4v) is 2.76. The van der Waals surface area contributed by atoms with Gasteiger partial charge in [-0.05, 0) is 32.0 Å². The molecule has 0 aromatic heterocycles. The van der Waals surface area contributed by atoms with Crippen molar-refractivity contribution < 1.29 is 33.5 Å². The van der Waals surface area contributed by atoms with Crippen molar-refractivity contribution in [2.24, 2.45) is 0 Å². The van der Waals surface area contributed by atoms with Crippen LogP contribution in [0.4, 0.5) is 5.69 Å². The Morgan fingerprint density at radius 3 is 1.57 bits per heavy atom. The molecule has 0 unspecified atom stereocenters. The maximum absolute atomic E-state index is 11.5. The number of Topliss-reactive ketones (excluding diaryl/α,β-unsaturated/α-hetero) is 2. The molecule has 0 heterocycles. The first-order chi connectivity index (χ1) is 17.7. The summed E-state index contributed by atoms with van der Waals surface area (Å²) < 4.78 is 21.5. The fourth-order valence-electron chi connectivity index (χ4n) is 2.76. The highest BCUT2D eigenvalue weighted by Crippen LogP contribution is 2.35. The Labute approximate surface area is 216 Å². The summed E-state index contributed by atoms with van der Waals surface area (Å²) in [6.45, 7) is 18.1. The van der Waals surface area contributed by atoms with E-state index >= 15 is 0 Å². The summed E-state index contributed by atoms with van der Waals surface area (Å²) in [7, 11) is 0. The van der Waals surface area contributed by atoms with Gasteiger partial charge in [0.15, 0.2) is 34.6 Å². The molecule has 9 heteroatoms. The monoisotopic (exact) mass is 509 g/mol. The normalized spacial score (nSPS) is 9.57. The number of rotatable bonds is 15. The quantitative estimate of drug-likeness (QED) is 0.125. The summed E-state index contributed by atoms with van der Waals surface area (Å²) >= 11 is 0. The topological polar surface area (TPSA) is 114 Å². The number of nitro groups is 1. The molecule has 0 saturated heterocycles. The Balaban J connectivity index is 0.000000375. The van der Waals surface area contributed by atoms with Crippen molar-refractivity contribution in [1.82, 2.24) is 0 Å². The smallest absolute Gasteiger partial charge is 0.284 e. The first-order valence-corrected chi connectivity index (χ1v) is 11.1. The van der Waals surface area contributed by atoms with Gasteiger partial charge in [0.25, 0.3) is 5.69 Å². The minimum Gasteiger partial charge on any atom is -0.486 e. The van der Waals surface area contributed by atoms with Crippen molar-refractivity contribution in [2.75, 3.05) is 26.4 Å². The van der Waals surface area contributed by atoms with Gasteiger partial charge in [-0.15, -0.1) is 0 Å². The van der Waals surface area contributed by atoms with Crippen LogP contribution >= 0.6 is 0 Å². The van der Waals surface area contributed by atoms with E-state index in [-0.39, 0.29) is 41.7 Å². The van der Waals surface area contributed by atoms with Crippen LogP contribution in [0.1, 0.15) is 34.6 Å². The molecular weight excluding hydrogens is 478 g/mol. The molecule has 0 bridgehead atoms. The third kappa shape index (κ3) is 9.85. The van der Waals surface area contributed by atoms with Gasteiger partial charge >= 0.3 is 0 Å². The second kappa shape index (κ2) is 16.1. The third-order valence-corrected chi connectivity index (χ3v) is 4.42. The zero-order chi connectivity index (χ0) is 27.8. The molecule has 0 fully saturated rings. The van der Waals surface area contributed by atoms with E-state index in [0.29, 0.717) is 30.3 Å². The highest BCUT2D eigenvalue weighted by atomic mass is 16.6. The summed E-state index contributed by atoms with van der Waals surface area (Å²) in [5.74, 6) is 1.14. The van der Waals surface area contributed by atoms with Crippen molar-refractivity contribution in [3.63, 3.8) is 0 Å². The lowest BCUT2D eigenvalue weighted by molar-refractivity contribution is -0.385. The first-order valence-electron chi connectivity index (χ1n) is 11.1. The van der Waals surface area contributed by atoms with Crippen LogP contribution in [-0.2, 0) is 0 Å². The number of nitro benzene ring substituents is 1. The highest BCUT2D eigenvalue weighted by Gasteiger charge is 2.22. The van der Waals surface area contributed by atoms with Gasteiger partial charge in [0.2, 0.25) is 0 Å². The fraction of sp³-hybridized carbons (Fsp3) is 0.214. The average Bonchev–Trinajstić information content (AvgIpc) is 2.88. The van der Waals surface area contributed by atoms with Crippen molar-refractivity contribution >= 4 is 17.3 Å². The van der Waals surface area contributed by atoms with Gasteiger partial charge in [0.1, 0.15) is 26.4 Å². The van der Waals surface area contributed by atoms with Crippen LogP contribution in [0.3, 0.4) is 0 Å². The maximum atomic E-state index is 11.5. The van der Waals surface area contributed by atoms with E-state index in [4.69, 9.17) is 18.9 Å². The summed E-state index contributed by atoms with van der Waals surface area (Å²) in [6, 6.07) is 7.59. The van der Waals surface area contributed by atoms with Crippen LogP contribution in [0, 0.1) is 10.1 Å². The average molecular weight is 510 g/mol. The number of nitrogens with zero attached hydrogens (tertiary/aromatic N) is 1. The number of ketones is 2. The molecular formula is C28H31NO8. The molecule has 0 N–H and O–H groups in total. The number of ether oxygens (including phenoxy) is 4. The molecule has 196 valence electrons. The number of carbonyl (C=O) groups excluding carboxylic acids is 2. The summed E-state index contributed by atoms with van der Waals surface area (Å²) in [6.07, 6.45) is 6.31. The van der Waals surface area contributed by atoms with Crippen LogP contribution in [0.2, 0.25) is 0 Å². The van der Waals surface area contributed by atoms with Crippen LogP contribution in [0.25, 0.3) is 0 Å². The third-order valence-electron chi connectivity index (χ3n) is 4.42. The standard InChI is InChI=1S/C14H15NO5.C14H16O3/c1-4-6-19-13-8-11(10(3)16)12(15(17)18)9-14(13)20-7-5-2;1-4-8-16-13-7-6-12(11(3)15)10-14(13)17-9-5-2/h4-5,8-9H,1-2,6-7H2,3H3;4-7,10H,1-2,8-9H2,3H3. The molecule has 0 aliphatic rings. The van der Waals surface area contributed by atoms with Gasteiger partial charge in [0.05, 0.1) is 16.6 Å². The minimum absolute atomic E-state index is 0.0104. The van der Waals surface area contributed by atoms with Crippen molar-refractivity contribution in [2.45, 2.75) is 13.8 Å². The Morgan fingerprint density at radius 2 is 1.16 bits per heavy atom. The molecule has 0 aliphatic heterocycles. The van der Waals surface area contributed by atoms with Gasteiger partial charge in [-0.2, -0.15) is 0 Å². The molecule has 0 amide bonds. The lowest BCUT2D eigenvalue weighted by Crippen LogP contribution is -2.05. The molecule has 0 atom stereocenters. The second-order valence-corrected chi connectivity index (χ2v) is 7.25. The predicted molar refractivity (Wildman–Crippen MR) is 142 cm³/mol. The molecule has 37 heavy (non-hydrogen) atoms. The lowest BCUT2D eigenvalue weighted by atomic mass is 10.1. The Morgan fingerprint density at radius 1 is 0.730 bits per heavy atom. The van der Waals surface area contributed by atoms with Crippen molar-refractivity contribution in [3.05, 3.63) is 102 Å². The molecule has 2 rings (SSSR count). The molecule has 0 spiro atoms. The lowest BCUT2D eigenvalue weighted by Gasteiger charge is -2.12. The molecule has 0 aliphatic carbocycles. The largest absolute Gasteiger partial charge is 0.486 e. The molecule has 0 radical (unpaired) electrons. The van der Waals surface area contributed by atoms with E-state index in [1.165, 1.54) is 38.1 Å². The zero-order valence-corrected chi connectivity index (χ0v) is 21.1. The van der Waals surface area contributed by atoms with Crippen LogP contribution in [0.15, 0.2) is 81.0 Å². The SMILES string of the molecule is C=CCOc1cc(C(C)=O)c([N+](=O)[O-])cc1OCC=C.C=CCOc1ccc(C(C)=O)cc1OCC=C. The summed E-state index contributed by atoms with van der Waals surface area (Å²) in [4.78, 5) is 33.1. The van der Waals surface area contributed by atoms with E-state index in [1.54, 1.807) is 30.4 Å². The van der Waals surface area contributed by atoms with E-state index in [0.717, 1.165) is 0 Å². The van der Waals surface area contributed by atoms with E-state index in [2.05, 4.69) is 26.3 Å². The number of hydrogen-bond acceptors (Lipinski definition) is 8. The van der Waals surface area contributed by atoms with Gasteiger partial charge in [0, 0.05) is 11.6 Å². The zero-order valence-electron chi connectivity index (χ0n) is 21.1. The summed E-state index contributed by atoms with van der Waals surface area (Å²) in [5, 5.41) is 11.0. The number of carbonyl (C=O) groups is 2. The maximum Gasteiger partial charge on any atom is 0.284 e. The number of benzene rings is 2. The highest BCUT2D eigenvalue weighted by molar-refractivity contribution is 5.99. The van der Waals surface area contributed by atoms with Gasteiger partial charge in [-0.25, -0.2) is 0 Å². The minimum atomic E-state index is -0.630. The first kappa shape index (κ1) is 30.4. The van der Waals surface area contributed by atoms with Gasteiger partial charge < -0.3 is 18.9 Å². The molecule has 2 aromatic rings. The Bertz CT molecular complexity index is 1100. The Kier molecular flexibility index (Phi) is 13.2. The second-order valence-electron chi connectivity index (χ2n) is 7.25. The van der Waals surface area contributed by atoms with Crippen molar-refractivity contribution in [3.8, 4) is 23.0 Å². The predicted octanol–water partition coefficient (Wildman–Crippen LogP) is 5.95. The van der Waals surface area contributed by atoms with E-state index < -0.39 is 10.7 Å². The van der Waals surface area contributed by atoms with E-state index in [9.17, 15) is 19.7 Å². The summed E-state index contributed by atoms with van der Waals surface area (Å²) in [5.41, 5.74) is 0.248. The van der Waals surface area contributed by atoms with Crippen LogP contribution < -0.4 is 18.9 Å². The molecule has 9 nitrogen and oxygen atoms in total. The number of hydrogen-bond donors (Lipinski definition) is 0. The van der Waals surface area contributed by atoms with Crippen LogP contribution in [-0.4, -0.2) is 42.9 Å². The molecule has 2 aromatic carbocycles. The van der Waals surface area contributed by atoms with Gasteiger partial charge in [-0.1, -0.05) is 50.6 Å². The van der Waals surface area contributed by atoms with E-state index in [1.807, 2.05) is 0 Å².